The van der Waals surface area contributed by atoms with Gasteiger partial charge in [-0.25, -0.2) is 9.59 Å². The zero-order valence-electron chi connectivity index (χ0n) is 16.8. The summed E-state index contributed by atoms with van der Waals surface area (Å²) in [6, 6.07) is 17.0. The third-order valence-electron chi connectivity index (χ3n) is 3.91. The van der Waals surface area contributed by atoms with Crippen LogP contribution in [-0.4, -0.2) is 30.8 Å². The maximum absolute atomic E-state index is 12.0. The van der Waals surface area contributed by atoms with Crippen LogP contribution >= 0.6 is 0 Å². The van der Waals surface area contributed by atoms with E-state index in [-0.39, 0.29) is 0 Å². The van der Waals surface area contributed by atoms with Crippen LogP contribution in [0.4, 0.5) is 10.5 Å². The monoisotopic (exact) mass is 384 g/mol. The second kappa shape index (κ2) is 9.78. The van der Waals surface area contributed by atoms with Crippen molar-refractivity contribution in [3.05, 3.63) is 65.7 Å². The molecule has 2 aromatic rings. The normalized spacial score (nSPS) is 12.0. The largest absolute Gasteiger partial charge is 0.467 e. The van der Waals surface area contributed by atoms with Crippen LogP contribution in [0.5, 0.6) is 0 Å². The topological polar surface area (TPSA) is 76.7 Å². The molecule has 0 spiro atoms. The van der Waals surface area contributed by atoms with Crippen molar-refractivity contribution in [1.29, 1.82) is 0 Å². The van der Waals surface area contributed by atoms with E-state index in [4.69, 9.17) is 9.47 Å². The van der Waals surface area contributed by atoms with E-state index in [2.05, 4.69) is 22.8 Å². The molecular formula is C22H28N2O4. The first-order valence-corrected chi connectivity index (χ1v) is 9.21. The molecule has 0 saturated heterocycles. The molecule has 0 fully saturated rings. The first-order chi connectivity index (χ1) is 13.3. The summed E-state index contributed by atoms with van der Waals surface area (Å²) >= 11 is 0. The van der Waals surface area contributed by atoms with Gasteiger partial charge in [0.05, 0.1) is 7.11 Å². The molecule has 6 heteroatoms. The molecule has 6 nitrogen and oxygen atoms in total. The third kappa shape index (κ3) is 7.31. The minimum absolute atomic E-state index is 0.310. The molecule has 28 heavy (non-hydrogen) atoms. The molecule has 2 N–H and O–H groups in total. The van der Waals surface area contributed by atoms with Gasteiger partial charge in [0.2, 0.25) is 0 Å². The Morgan fingerprint density at radius 3 is 2.18 bits per heavy atom. The van der Waals surface area contributed by atoms with Gasteiger partial charge < -0.3 is 20.1 Å². The number of carbonyl (C=O) groups excluding carboxylic acids is 2. The van der Waals surface area contributed by atoms with E-state index in [0.29, 0.717) is 6.42 Å². The Labute approximate surface area is 166 Å². The number of nitrogens with one attached hydrogen (secondary N) is 2. The summed E-state index contributed by atoms with van der Waals surface area (Å²) in [6.07, 6.45) is -0.339. The third-order valence-corrected chi connectivity index (χ3v) is 3.91. The summed E-state index contributed by atoms with van der Waals surface area (Å²) in [5.41, 5.74) is 2.43. The molecule has 0 heterocycles. The maximum atomic E-state index is 12.0. The lowest BCUT2D eigenvalue weighted by molar-refractivity contribution is -0.143. The molecule has 1 unspecified atom stereocenters. The first kappa shape index (κ1) is 21.3. The van der Waals surface area contributed by atoms with E-state index in [1.165, 1.54) is 12.7 Å². The quantitative estimate of drug-likeness (QED) is 0.708. The van der Waals surface area contributed by atoms with E-state index in [1.807, 2.05) is 42.5 Å². The lowest BCUT2D eigenvalue weighted by Gasteiger charge is -2.22. The molecule has 0 aliphatic rings. The van der Waals surface area contributed by atoms with Crippen molar-refractivity contribution < 1.29 is 19.1 Å². The van der Waals surface area contributed by atoms with Crippen LogP contribution in [0.25, 0.3) is 0 Å². The van der Waals surface area contributed by atoms with Crippen molar-refractivity contribution in [2.75, 3.05) is 12.4 Å². The van der Waals surface area contributed by atoms with Gasteiger partial charge in [0, 0.05) is 18.7 Å². The summed E-state index contributed by atoms with van der Waals surface area (Å²) in [4.78, 5) is 24.0. The second-order valence-electron chi connectivity index (χ2n) is 7.46. The van der Waals surface area contributed by atoms with Crippen LogP contribution in [0.1, 0.15) is 31.9 Å². The standard InChI is InChI=1S/C22H28N2O4/c1-22(2,3)28-21(26)24-19(20(25)27-4)14-16-10-12-18(13-11-16)23-15-17-8-6-5-7-9-17/h5-13,19,23H,14-15H2,1-4H3,(H,24,26). The highest BCUT2D eigenvalue weighted by molar-refractivity contribution is 5.81. The molecule has 0 aromatic heterocycles. The van der Waals surface area contributed by atoms with Crippen molar-refractivity contribution in [2.45, 2.75) is 45.4 Å². The lowest BCUT2D eigenvalue weighted by Crippen LogP contribution is -2.45. The van der Waals surface area contributed by atoms with E-state index in [9.17, 15) is 9.59 Å². The molecule has 1 amide bonds. The summed E-state index contributed by atoms with van der Waals surface area (Å²) in [5.74, 6) is -0.517. The number of alkyl carbamates (subject to hydrolysis) is 1. The van der Waals surface area contributed by atoms with Crippen LogP contribution < -0.4 is 10.6 Å². The Morgan fingerprint density at radius 1 is 0.964 bits per heavy atom. The van der Waals surface area contributed by atoms with Crippen molar-refractivity contribution in [3.63, 3.8) is 0 Å². The van der Waals surface area contributed by atoms with Gasteiger partial charge in [-0.1, -0.05) is 42.5 Å². The van der Waals surface area contributed by atoms with Crippen LogP contribution in [-0.2, 0) is 27.2 Å². The number of ether oxygens (including phenoxy) is 2. The molecule has 1 atom stereocenters. The molecule has 0 aliphatic heterocycles. The predicted molar refractivity (Wildman–Crippen MR) is 109 cm³/mol. The van der Waals surface area contributed by atoms with Crippen molar-refractivity contribution in [3.8, 4) is 0 Å². The Morgan fingerprint density at radius 2 is 1.61 bits per heavy atom. The van der Waals surface area contributed by atoms with Gasteiger partial charge in [-0.15, -0.1) is 0 Å². The van der Waals surface area contributed by atoms with E-state index >= 15 is 0 Å². The predicted octanol–water partition coefficient (Wildman–Crippen LogP) is 3.91. The van der Waals surface area contributed by atoms with Gasteiger partial charge in [-0.2, -0.15) is 0 Å². The number of carbonyl (C=O) groups is 2. The first-order valence-electron chi connectivity index (χ1n) is 9.21. The zero-order chi connectivity index (χ0) is 20.6. The SMILES string of the molecule is COC(=O)C(Cc1ccc(NCc2ccccc2)cc1)NC(=O)OC(C)(C)C. The summed E-state index contributed by atoms with van der Waals surface area (Å²) in [5, 5.41) is 5.93. The number of methoxy groups -OCH3 is 1. The van der Waals surface area contributed by atoms with Crippen molar-refractivity contribution in [2.24, 2.45) is 0 Å². The molecule has 0 bridgehead atoms. The van der Waals surface area contributed by atoms with Gasteiger partial charge >= 0.3 is 12.1 Å². The van der Waals surface area contributed by atoms with Gasteiger partial charge in [-0.05, 0) is 44.0 Å². The fourth-order valence-electron chi connectivity index (χ4n) is 2.58. The van der Waals surface area contributed by atoms with Gasteiger partial charge in [0.1, 0.15) is 11.6 Å². The fraction of sp³-hybridized carbons (Fsp3) is 0.364. The number of rotatable bonds is 7. The highest BCUT2D eigenvalue weighted by Gasteiger charge is 2.25. The highest BCUT2D eigenvalue weighted by atomic mass is 16.6. The molecule has 2 rings (SSSR count). The van der Waals surface area contributed by atoms with Gasteiger partial charge in [0.25, 0.3) is 0 Å². The number of benzene rings is 2. The van der Waals surface area contributed by atoms with E-state index in [1.54, 1.807) is 20.8 Å². The number of hydrogen-bond acceptors (Lipinski definition) is 5. The Balaban J connectivity index is 1.96. The molecule has 0 radical (unpaired) electrons. The van der Waals surface area contributed by atoms with Gasteiger partial charge in [0.15, 0.2) is 0 Å². The molecule has 150 valence electrons. The zero-order valence-corrected chi connectivity index (χ0v) is 16.8. The van der Waals surface area contributed by atoms with Crippen LogP contribution in [0.2, 0.25) is 0 Å². The van der Waals surface area contributed by atoms with Crippen molar-refractivity contribution >= 4 is 17.7 Å². The van der Waals surface area contributed by atoms with Gasteiger partial charge in [-0.3, -0.25) is 0 Å². The Kier molecular flexibility index (Phi) is 7.44. The highest BCUT2D eigenvalue weighted by Crippen LogP contribution is 2.14. The summed E-state index contributed by atoms with van der Waals surface area (Å²) in [7, 11) is 1.29. The average molecular weight is 384 g/mol. The van der Waals surface area contributed by atoms with Crippen molar-refractivity contribution in [1.82, 2.24) is 5.32 Å². The molecular weight excluding hydrogens is 356 g/mol. The van der Waals surface area contributed by atoms with Crippen LogP contribution in [0.15, 0.2) is 54.6 Å². The molecule has 0 saturated carbocycles. The van der Waals surface area contributed by atoms with E-state index < -0.39 is 23.7 Å². The fourth-order valence-corrected chi connectivity index (χ4v) is 2.58. The minimum atomic E-state index is -0.817. The van der Waals surface area contributed by atoms with Crippen LogP contribution in [0.3, 0.4) is 0 Å². The summed E-state index contributed by atoms with van der Waals surface area (Å²) in [6.45, 7) is 6.02. The average Bonchev–Trinajstić information content (AvgIpc) is 2.65. The smallest absolute Gasteiger partial charge is 0.408 e. The summed E-state index contributed by atoms with van der Waals surface area (Å²) < 4.78 is 10.0. The number of anilines is 1. The second-order valence-corrected chi connectivity index (χ2v) is 7.46. The maximum Gasteiger partial charge on any atom is 0.408 e. The molecule has 0 aliphatic carbocycles. The number of amides is 1. The van der Waals surface area contributed by atoms with Crippen LogP contribution in [0, 0.1) is 0 Å². The van der Waals surface area contributed by atoms with E-state index in [0.717, 1.165) is 17.8 Å². The number of hydrogen-bond donors (Lipinski definition) is 2. The number of esters is 1. The Bertz CT molecular complexity index is 767. The molecule has 2 aromatic carbocycles. The lowest BCUT2D eigenvalue weighted by atomic mass is 10.1. The Hall–Kier alpha value is -3.02. The minimum Gasteiger partial charge on any atom is -0.467 e.